The summed E-state index contributed by atoms with van der Waals surface area (Å²) >= 11 is 5.83. The van der Waals surface area contributed by atoms with Crippen LogP contribution in [0.3, 0.4) is 0 Å². The quantitative estimate of drug-likeness (QED) is 0.610. The van der Waals surface area contributed by atoms with Crippen molar-refractivity contribution in [1.82, 2.24) is 15.3 Å². The van der Waals surface area contributed by atoms with Gasteiger partial charge in [0.25, 0.3) is 0 Å². The van der Waals surface area contributed by atoms with E-state index in [0.717, 1.165) is 0 Å². The van der Waals surface area contributed by atoms with Crippen LogP contribution in [0.5, 0.6) is 0 Å². The number of nitrogens with one attached hydrogen (secondary N) is 2. The van der Waals surface area contributed by atoms with Gasteiger partial charge in [-0.3, -0.25) is 9.59 Å². The van der Waals surface area contributed by atoms with Gasteiger partial charge in [-0.15, -0.1) is 0 Å². The Morgan fingerprint density at radius 2 is 2.11 bits per heavy atom. The molecule has 0 saturated carbocycles. The van der Waals surface area contributed by atoms with Gasteiger partial charge in [-0.2, -0.15) is 0 Å². The van der Waals surface area contributed by atoms with Gasteiger partial charge in [0, 0.05) is 6.54 Å². The van der Waals surface area contributed by atoms with Crippen molar-refractivity contribution in [2.45, 2.75) is 20.8 Å². The number of aromatic nitrogens is 2. The van der Waals surface area contributed by atoms with Crippen LogP contribution in [-0.2, 0) is 4.79 Å². The lowest BCUT2D eigenvalue weighted by molar-refractivity contribution is -0.119. The van der Waals surface area contributed by atoms with E-state index < -0.39 is 0 Å². The molecule has 19 heavy (non-hydrogen) atoms. The highest BCUT2D eigenvalue weighted by molar-refractivity contribution is 6.32. The van der Waals surface area contributed by atoms with Gasteiger partial charge < -0.3 is 10.6 Å². The minimum Gasteiger partial charge on any atom is -0.360 e. The summed E-state index contributed by atoms with van der Waals surface area (Å²) in [5, 5.41) is 5.62. The largest absolute Gasteiger partial charge is 0.360 e. The third-order valence-electron chi connectivity index (χ3n) is 2.25. The van der Waals surface area contributed by atoms with Crippen LogP contribution in [0.25, 0.3) is 0 Å². The van der Waals surface area contributed by atoms with Gasteiger partial charge >= 0.3 is 0 Å². The standard InChI is InChI=1S/C12H17ClN4O2/c1-7(2)4-14-10(19)5-15-12-9(6-18)11(13)16-8(3)17-12/h6-7H,4-5H2,1-3H3,(H,14,19)(H,15,16,17). The number of halogens is 1. The molecule has 0 atom stereocenters. The lowest BCUT2D eigenvalue weighted by atomic mass is 10.2. The maximum Gasteiger partial charge on any atom is 0.239 e. The molecule has 0 aliphatic heterocycles. The van der Waals surface area contributed by atoms with Crippen LogP contribution in [0, 0.1) is 12.8 Å². The van der Waals surface area contributed by atoms with E-state index in [1.165, 1.54) is 0 Å². The number of amides is 1. The maximum absolute atomic E-state index is 11.6. The lowest BCUT2D eigenvalue weighted by Crippen LogP contribution is -2.32. The molecule has 0 unspecified atom stereocenters. The molecule has 1 amide bonds. The molecule has 6 nitrogen and oxygen atoms in total. The summed E-state index contributed by atoms with van der Waals surface area (Å²) in [6.45, 7) is 6.30. The van der Waals surface area contributed by atoms with Crippen LogP contribution in [0.15, 0.2) is 0 Å². The second-order valence-corrected chi connectivity index (χ2v) is 4.85. The molecule has 7 heteroatoms. The van der Waals surface area contributed by atoms with Crippen molar-refractivity contribution in [2.75, 3.05) is 18.4 Å². The summed E-state index contributed by atoms with van der Waals surface area (Å²) in [4.78, 5) is 30.4. The van der Waals surface area contributed by atoms with Crippen LogP contribution in [0.2, 0.25) is 5.15 Å². The Morgan fingerprint density at radius 3 is 2.68 bits per heavy atom. The Balaban J connectivity index is 2.67. The zero-order valence-corrected chi connectivity index (χ0v) is 11.9. The predicted octanol–water partition coefficient (Wildman–Crippen LogP) is 1.44. The molecule has 1 aromatic rings. The first kappa shape index (κ1) is 15.4. The molecule has 0 aromatic carbocycles. The minimum atomic E-state index is -0.169. The second-order valence-electron chi connectivity index (χ2n) is 4.49. The monoisotopic (exact) mass is 284 g/mol. The molecule has 1 rings (SSSR count). The molecule has 0 saturated heterocycles. The van der Waals surface area contributed by atoms with Gasteiger partial charge in [0.2, 0.25) is 5.91 Å². The topological polar surface area (TPSA) is 84.0 Å². The van der Waals surface area contributed by atoms with E-state index >= 15 is 0 Å². The van der Waals surface area contributed by atoms with Crippen molar-refractivity contribution in [3.05, 3.63) is 16.5 Å². The number of aldehydes is 1. The molecular formula is C12H17ClN4O2. The van der Waals surface area contributed by atoms with Crippen molar-refractivity contribution in [3.8, 4) is 0 Å². The molecule has 1 heterocycles. The molecule has 1 aromatic heterocycles. The molecule has 2 N–H and O–H groups in total. The molecular weight excluding hydrogens is 268 g/mol. The number of rotatable bonds is 6. The van der Waals surface area contributed by atoms with E-state index in [1.54, 1.807) is 6.92 Å². The molecule has 0 radical (unpaired) electrons. The van der Waals surface area contributed by atoms with Gasteiger partial charge in [-0.25, -0.2) is 9.97 Å². The maximum atomic E-state index is 11.6. The van der Waals surface area contributed by atoms with E-state index in [-0.39, 0.29) is 29.0 Å². The smallest absolute Gasteiger partial charge is 0.239 e. The van der Waals surface area contributed by atoms with E-state index in [2.05, 4.69) is 20.6 Å². The van der Waals surface area contributed by atoms with E-state index in [0.29, 0.717) is 24.6 Å². The number of hydrogen-bond acceptors (Lipinski definition) is 5. The first-order chi connectivity index (χ1) is 8.93. The fourth-order valence-corrected chi connectivity index (χ4v) is 1.59. The summed E-state index contributed by atoms with van der Waals surface area (Å²) in [7, 11) is 0. The zero-order valence-electron chi connectivity index (χ0n) is 11.2. The molecule has 0 bridgehead atoms. The summed E-state index contributed by atoms with van der Waals surface area (Å²) in [6.07, 6.45) is 0.566. The van der Waals surface area contributed by atoms with Gasteiger partial charge in [0.1, 0.15) is 16.8 Å². The normalized spacial score (nSPS) is 10.4. The van der Waals surface area contributed by atoms with Crippen molar-refractivity contribution >= 4 is 29.6 Å². The highest BCUT2D eigenvalue weighted by Gasteiger charge is 2.12. The Kier molecular flexibility index (Phi) is 5.69. The Hall–Kier alpha value is -1.69. The van der Waals surface area contributed by atoms with Crippen LogP contribution in [0.1, 0.15) is 30.0 Å². The Morgan fingerprint density at radius 1 is 1.42 bits per heavy atom. The number of carbonyl (C=O) groups is 2. The number of nitrogens with zero attached hydrogens (tertiary/aromatic N) is 2. The highest BCUT2D eigenvalue weighted by atomic mass is 35.5. The van der Waals surface area contributed by atoms with Gasteiger partial charge in [0.15, 0.2) is 6.29 Å². The van der Waals surface area contributed by atoms with Crippen molar-refractivity contribution in [2.24, 2.45) is 5.92 Å². The number of hydrogen-bond donors (Lipinski definition) is 2. The first-order valence-corrected chi connectivity index (χ1v) is 6.31. The van der Waals surface area contributed by atoms with Crippen LogP contribution >= 0.6 is 11.6 Å². The number of carbonyl (C=O) groups excluding carboxylic acids is 2. The van der Waals surface area contributed by atoms with Gasteiger partial charge in [0.05, 0.1) is 12.1 Å². The van der Waals surface area contributed by atoms with Gasteiger partial charge in [-0.05, 0) is 12.8 Å². The summed E-state index contributed by atoms with van der Waals surface area (Å²) in [6, 6.07) is 0. The summed E-state index contributed by atoms with van der Waals surface area (Å²) in [5.41, 5.74) is 0.156. The first-order valence-electron chi connectivity index (χ1n) is 5.94. The van der Waals surface area contributed by atoms with E-state index in [4.69, 9.17) is 11.6 Å². The van der Waals surface area contributed by atoms with E-state index in [1.807, 2.05) is 13.8 Å². The molecule has 0 aliphatic rings. The zero-order chi connectivity index (χ0) is 14.4. The highest BCUT2D eigenvalue weighted by Crippen LogP contribution is 2.18. The van der Waals surface area contributed by atoms with Crippen LogP contribution in [0.4, 0.5) is 5.82 Å². The third kappa shape index (κ3) is 4.82. The molecule has 0 spiro atoms. The van der Waals surface area contributed by atoms with Crippen molar-refractivity contribution < 1.29 is 9.59 Å². The second kappa shape index (κ2) is 7.04. The number of anilines is 1. The average molecular weight is 285 g/mol. The lowest BCUT2D eigenvalue weighted by Gasteiger charge is -2.11. The molecule has 0 fully saturated rings. The Labute approximate surface area is 117 Å². The Bertz CT molecular complexity index is 477. The SMILES string of the molecule is Cc1nc(Cl)c(C=O)c(NCC(=O)NCC(C)C)n1. The van der Waals surface area contributed by atoms with Crippen LogP contribution in [-0.4, -0.2) is 35.3 Å². The summed E-state index contributed by atoms with van der Waals surface area (Å²) < 4.78 is 0. The average Bonchev–Trinajstić information content (AvgIpc) is 2.33. The number of aryl methyl sites for hydroxylation is 1. The molecule has 104 valence electrons. The minimum absolute atomic E-state index is 0.0281. The fraction of sp³-hybridized carbons (Fsp3) is 0.500. The van der Waals surface area contributed by atoms with Crippen LogP contribution < -0.4 is 10.6 Å². The molecule has 0 aliphatic carbocycles. The van der Waals surface area contributed by atoms with Crippen molar-refractivity contribution in [1.29, 1.82) is 0 Å². The van der Waals surface area contributed by atoms with Crippen molar-refractivity contribution in [3.63, 3.8) is 0 Å². The third-order valence-corrected chi connectivity index (χ3v) is 2.54. The fourth-order valence-electron chi connectivity index (χ4n) is 1.33. The van der Waals surface area contributed by atoms with Gasteiger partial charge in [-0.1, -0.05) is 25.4 Å². The van der Waals surface area contributed by atoms with E-state index in [9.17, 15) is 9.59 Å². The predicted molar refractivity (Wildman–Crippen MR) is 73.5 cm³/mol. The summed E-state index contributed by atoms with van der Waals surface area (Å²) in [5.74, 6) is 0.913.